The Balaban J connectivity index is 1.74. The third-order valence-electron chi connectivity index (χ3n) is 7.90. The van der Waals surface area contributed by atoms with Crippen LogP contribution in [0, 0.1) is 11.6 Å². The van der Waals surface area contributed by atoms with E-state index in [1.54, 1.807) is 40.0 Å². The van der Waals surface area contributed by atoms with Crippen molar-refractivity contribution in [3.63, 3.8) is 0 Å². The van der Waals surface area contributed by atoms with Gasteiger partial charge in [0.15, 0.2) is 5.82 Å². The van der Waals surface area contributed by atoms with Gasteiger partial charge in [-0.15, -0.1) is 0 Å². The maximum absolute atomic E-state index is 14.4. The number of ether oxygens (including phenoxy) is 2. The smallest absolute Gasteiger partial charge is 0.408 e. The second-order valence-electron chi connectivity index (χ2n) is 14.8. The normalized spacial score (nSPS) is 13.2. The lowest BCUT2D eigenvalue weighted by Crippen LogP contribution is -2.36. The van der Waals surface area contributed by atoms with Gasteiger partial charge >= 0.3 is 6.09 Å². The first-order valence-corrected chi connectivity index (χ1v) is 22.3. The lowest BCUT2D eigenvalue weighted by molar-refractivity contribution is 0.0502. The molecule has 2 aromatic carbocycles. The number of anilines is 1. The van der Waals surface area contributed by atoms with E-state index in [9.17, 15) is 22.0 Å². The van der Waals surface area contributed by atoms with E-state index in [1.807, 2.05) is 22.9 Å². The van der Waals surface area contributed by atoms with Gasteiger partial charge < -0.3 is 19.4 Å². The molecule has 5 rings (SSSR count). The molecule has 3 aromatic heterocycles. The number of nitrogens with one attached hydrogen (secondary N) is 2. The second kappa shape index (κ2) is 14.5. The van der Waals surface area contributed by atoms with Gasteiger partial charge in [-0.25, -0.2) is 27.0 Å². The van der Waals surface area contributed by atoms with E-state index in [0.29, 0.717) is 45.4 Å². The SMILES string of the molecule is Cn1nc(NS(C)(=O)=O)c2c(Cl)ccc(-c3cc4c(ccn4COCC[Si](C)(C)C)nc3C(Cc3cc(F)cc(F)c3)NC(=O)OC(C)(C)C)c21. The van der Waals surface area contributed by atoms with Crippen LogP contribution in [0.2, 0.25) is 30.7 Å². The summed E-state index contributed by atoms with van der Waals surface area (Å²) < 4.78 is 71.0. The van der Waals surface area contributed by atoms with Gasteiger partial charge in [0.1, 0.15) is 24.0 Å². The summed E-state index contributed by atoms with van der Waals surface area (Å²) in [5.41, 5.74) is 2.66. The molecule has 2 N–H and O–H groups in total. The van der Waals surface area contributed by atoms with Gasteiger partial charge in [-0.1, -0.05) is 37.3 Å². The Morgan fingerprint density at radius 3 is 2.37 bits per heavy atom. The van der Waals surface area contributed by atoms with Gasteiger partial charge in [-0.2, -0.15) is 5.10 Å². The molecule has 0 aliphatic carbocycles. The Hall–Kier alpha value is -4.05. The molecule has 16 heteroatoms. The Bertz CT molecular complexity index is 2190. The molecule has 0 fully saturated rings. The number of sulfonamides is 1. The molecule has 1 unspecified atom stereocenters. The van der Waals surface area contributed by atoms with Crippen LogP contribution in [0.15, 0.2) is 48.7 Å². The highest BCUT2D eigenvalue weighted by atomic mass is 35.5. The number of alkyl carbamates (subject to hydrolysis) is 1. The van der Waals surface area contributed by atoms with Crippen molar-refractivity contribution in [3.8, 4) is 11.1 Å². The van der Waals surface area contributed by atoms with Crippen LogP contribution in [-0.2, 0) is 39.7 Å². The number of rotatable bonds is 12. The monoisotopic (exact) mass is 760 g/mol. The van der Waals surface area contributed by atoms with E-state index in [0.717, 1.165) is 18.4 Å². The molecule has 11 nitrogen and oxygen atoms in total. The fraction of sp³-hybridized carbons (Fsp3) is 0.400. The first-order chi connectivity index (χ1) is 23.7. The van der Waals surface area contributed by atoms with Crippen LogP contribution in [0.25, 0.3) is 33.1 Å². The minimum Gasteiger partial charge on any atom is -0.444 e. The summed E-state index contributed by atoms with van der Waals surface area (Å²) in [6, 6.07) is 10.3. The molecule has 0 radical (unpaired) electrons. The number of pyridine rings is 1. The van der Waals surface area contributed by atoms with E-state index in [4.69, 9.17) is 26.1 Å². The summed E-state index contributed by atoms with van der Waals surface area (Å²) in [6.07, 6.45) is 2.06. The van der Waals surface area contributed by atoms with Crippen molar-refractivity contribution in [1.29, 1.82) is 0 Å². The van der Waals surface area contributed by atoms with Crippen molar-refractivity contribution in [2.45, 2.75) is 71.3 Å². The molecule has 0 aliphatic heterocycles. The average molecular weight is 761 g/mol. The first-order valence-electron chi connectivity index (χ1n) is 16.3. The Labute approximate surface area is 302 Å². The van der Waals surface area contributed by atoms with E-state index in [2.05, 4.69) is 34.8 Å². The predicted molar refractivity (Wildman–Crippen MR) is 199 cm³/mol. The maximum Gasteiger partial charge on any atom is 0.408 e. The number of fused-ring (bicyclic) bond motifs is 2. The summed E-state index contributed by atoms with van der Waals surface area (Å²) in [7, 11) is -3.39. The zero-order valence-corrected chi connectivity index (χ0v) is 32.5. The number of benzene rings is 2. The number of aromatic nitrogens is 4. The largest absolute Gasteiger partial charge is 0.444 e. The van der Waals surface area contributed by atoms with E-state index >= 15 is 0 Å². The highest BCUT2D eigenvalue weighted by molar-refractivity contribution is 7.92. The summed E-state index contributed by atoms with van der Waals surface area (Å²) in [4.78, 5) is 18.4. The predicted octanol–water partition coefficient (Wildman–Crippen LogP) is 8.01. The van der Waals surface area contributed by atoms with Crippen LogP contribution in [0.5, 0.6) is 0 Å². The highest BCUT2D eigenvalue weighted by Crippen LogP contribution is 2.41. The van der Waals surface area contributed by atoms with Gasteiger partial charge in [-0.3, -0.25) is 9.40 Å². The zero-order valence-electron chi connectivity index (χ0n) is 29.9. The molecular formula is C35H43ClF2N6O5SSi. The lowest BCUT2D eigenvalue weighted by Gasteiger charge is -2.25. The molecule has 51 heavy (non-hydrogen) atoms. The Kier molecular flexibility index (Phi) is 10.9. The molecule has 1 amide bonds. The first kappa shape index (κ1) is 38.2. The Morgan fingerprint density at radius 1 is 1.06 bits per heavy atom. The number of carbonyl (C=O) groups excluding carboxylic acids is 1. The van der Waals surface area contributed by atoms with Crippen molar-refractivity contribution in [3.05, 3.63) is 76.6 Å². The van der Waals surface area contributed by atoms with Crippen LogP contribution in [0.1, 0.15) is 38.1 Å². The summed E-state index contributed by atoms with van der Waals surface area (Å²) in [6.45, 7) is 12.9. The third kappa shape index (κ3) is 9.64. The standard InChI is InChI=1S/C35H43ClF2N6O5SSi/c1-35(2,3)49-34(45)40-28(17-21-15-22(37)18-23(38)16-21)31-25(19-29-27(39-31)11-12-44(29)20-48-13-14-51(6,7)8)24-9-10-26(36)30-32(24)43(4)41-33(30)42-50(5,46)47/h9-12,15-16,18-19,28H,13-14,17,20H2,1-8H3,(H,40,45)(H,41,42). The maximum atomic E-state index is 14.4. The number of halogens is 3. The van der Waals surface area contributed by atoms with Gasteiger partial charge in [0, 0.05) is 45.1 Å². The number of carbonyl (C=O) groups is 1. The van der Waals surface area contributed by atoms with Crippen LogP contribution >= 0.6 is 11.6 Å². The van der Waals surface area contributed by atoms with Crippen LogP contribution in [0.4, 0.5) is 19.4 Å². The van der Waals surface area contributed by atoms with Crippen LogP contribution in [-0.4, -0.2) is 60.4 Å². The van der Waals surface area contributed by atoms with E-state index < -0.39 is 47.5 Å². The summed E-state index contributed by atoms with van der Waals surface area (Å²) >= 11 is 6.67. The minimum absolute atomic E-state index is 0.0373. The van der Waals surface area contributed by atoms with Crippen LogP contribution < -0.4 is 10.0 Å². The molecule has 0 saturated heterocycles. The molecule has 274 valence electrons. The van der Waals surface area contributed by atoms with Crippen molar-refractivity contribution in [2.24, 2.45) is 7.05 Å². The van der Waals surface area contributed by atoms with E-state index in [1.165, 1.54) is 16.8 Å². The van der Waals surface area contributed by atoms with Crippen molar-refractivity contribution < 1.29 is 31.5 Å². The lowest BCUT2D eigenvalue weighted by atomic mass is 9.94. The number of aryl methyl sites for hydroxylation is 1. The van der Waals surface area contributed by atoms with Crippen molar-refractivity contribution in [2.75, 3.05) is 17.6 Å². The summed E-state index contributed by atoms with van der Waals surface area (Å²) in [5, 5.41) is 7.93. The van der Waals surface area contributed by atoms with Crippen LogP contribution in [0.3, 0.4) is 0 Å². The van der Waals surface area contributed by atoms with Gasteiger partial charge in [0.05, 0.1) is 45.0 Å². The Morgan fingerprint density at radius 2 is 1.75 bits per heavy atom. The molecule has 0 aliphatic rings. The molecule has 0 saturated carbocycles. The molecule has 5 aromatic rings. The van der Waals surface area contributed by atoms with Gasteiger partial charge in [0.25, 0.3) is 0 Å². The molecule has 0 bridgehead atoms. The van der Waals surface area contributed by atoms with Crippen molar-refractivity contribution in [1.82, 2.24) is 24.6 Å². The fourth-order valence-electron chi connectivity index (χ4n) is 5.73. The highest BCUT2D eigenvalue weighted by Gasteiger charge is 2.28. The van der Waals surface area contributed by atoms with Gasteiger partial charge in [-0.05, 0) is 69.1 Å². The third-order valence-corrected chi connectivity index (χ3v) is 10.5. The minimum atomic E-state index is -3.72. The average Bonchev–Trinajstić information content (AvgIpc) is 3.51. The molecular weight excluding hydrogens is 718 g/mol. The zero-order chi connectivity index (χ0) is 37.5. The number of hydrogen-bond acceptors (Lipinski definition) is 7. The molecule has 0 spiro atoms. The van der Waals surface area contributed by atoms with E-state index in [-0.39, 0.29) is 29.6 Å². The number of hydrogen-bond donors (Lipinski definition) is 2. The fourth-order valence-corrected chi connectivity index (χ4v) is 7.23. The quantitative estimate of drug-likeness (QED) is 0.0974. The number of amides is 1. The van der Waals surface area contributed by atoms with Crippen molar-refractivity contribution >= 4 is 63.5 Å². The topological polar surface area (TPSA) is 129 Å². The number of nitrogens with zero attached hydrogens (tertiary/aromatic N) is 4. The molecule has 3 heterocycles. The summed E-state index contributed by atoms with van der Waals surface area (Å²) in [5.74, 6) is -1.50. The molecule has 1 atom stereocenters. The van der Waals surface area contributed by atoms with Gasteiger partial charge in [0.2, 0.25) is 10.0 Å². The second-order valence-corrected chi connectivity index (χ2v) is 22.6.